The molecule has 0 bridgehead atoms. The zero-order valence-electron chi connectivity index (χ0n) is 13.3. The van der Waals surface area contributed by atoms with Gasteiger partial charge in [-0.05, 0) is 51.7 Å². The van der Waals surface area contributed by atoms with E-state index in [1.54, 1.807) is 0 Å². The Kier molecular flexibility index (Phi) is 9.39. The third-order valence-corrected chi connectivity index (χ3v) is 8.49. The first kappa shape index (κ1) is 17.7. The van der Waals surface area contributed by atoms with Gasteiger partial charge in [0.1, 0.15) is 0 Å². The van der Waals surface area contributed by atoms with Crippen molar-refractivity contribution in [3.63, 3.8) is 0 Å². The van der Waals surface area contributed by atoms with Crippen molar-refractivity contribution in [2.24, 2.45) is 0 Å². The summed E-state index contributed by atoms with van der Waals surface area (Å²) in [7, 11) is -1.39. The number of rotatable bonds is 9. The summed E-state index contributed by atoms with van der Waals surface area (Å²) in [4.78, 5) is 0. The van der Waals surface area contributed by atoms with E-state index in [9.17, 15) is 0 Å². The molecule has 0 saturated carbocycles. The first-order valence-corrected chi connectivity index (χ1v) is 9.95. The van der Waals surface area contributed by atoms with Gasteiger partial charge in [0.25, 0.3) is 0 Å². The summed E-state index contributed by atoms with van der Waals surface area (Å²) in [5.41, 5.74) is 2.87. The lowest BCUT2D eigenvalue weighted by Crippen LogP contribution is -2.35. The van der Waals surface area contributed by atoms with Crippen LogP contribution < -0.4 is 0 Å². The Hall–Kier alpha value is -0.343. The normalized spacial score (nSPS) is 12.7. The highest BCUT2D eigenvalue weighted by Gasteiger charge is 2.27. The molecular formula is C16H32OSi. The Labute approximate surface area is 115 Å². The molecule has 0 heterocycles. The number of hydrogen-bond acceptors (Lipinski definition) is 1. The van der Waals surface area contributed by atoms with Gasteiger partial charge in [0.2, 0.25) is 0 Å². The molecule has 0 rings (SSSR count). The molecule has 0 aliphatic carbocycles. The van der Waals surface area contributed by atoms with Crippen molar-refractivity contribution in [1.29, 1.82) is 0 Å². The molecule has 0 aromatic rings. The van der Waals surface area contributed by atoms with Crippen LogP contribution in [0.15, 0.2) is 23.3 Å². The summed E-state index contributed by atoms with van der Waals surface area (Å²) in [6.07, 6.45) is 6.90. The van der Waals surface area contributed by atoms with Gasteiger partial charge in [0.05, 0.1) is 6.61 Å². The van der Waals surface area contributed by atoms with E-state index in [0.29, 0.717) is 0 Å². The Morgan fingerprint density at radius 1 is 0.944 bits per heavy atom. The van der Waals surface area contributed by atoms with Crippen molar-refractivity contribution in [3.05, 3.63) is 23.3 Å². The van der Waals surface area contributed by atoms with Crippen molar-refractivity contribution in [2.45, 2.75) is 72.5 Å². The summed E-state index contributed by atoms with van der Waals surface area (Å²) < 4.78 is 6.22. The van der Waals surface area contributed by atoms with Crippen LogP contribution in [0.2, 0.25) is 18.1 Å². The highest BCUT2D eigenvalue weighted by atomic mass is 28.4. The van der Waals surface area contributed by atoms with Crippen LogP contribution >= 0.6 is 0 Å². The van der Waals surface area contributed by atoms with Crippen molar-refractivity contribution in [2.75, 3.05) is 6.61 Å². The average molecular weight is 269 g/mol. The fourth-order valence-electron chi connectivity index (χ4n) is 2.11. The van der Waals surface area contributed by atoms with E-state index in [2.05, 4.69) is 53.7 Å². The van der Waals surface area contributed by atoms with E-state index in [4.69, 9.17) is 4.43 Å². The van der Waals surface area contributed by atoms with Crippen LogP contribution in [0.5, 0.6) is 0 Å². The van der Waals surface area contributed by atoms with Gasteiger partial charge < -0.3 is 4.43 Å². The second-order valence-corrected chi connectivity index (χ2v) is 10.2. The van der Waals surface area contributed by atoms with Crippen LogP contribution in [0.3, 0.4) is 0 Å². The maximum absolute atomic E-state index is 6.22. The first-order chi connectivity index (χ1) is 8.49. The molecule has 0 aliphatic rings. The van der Waals surface area contributed by atoms with Gasteiger partial charge in [-0.25, -0.2) is 0 Å². The summed E-state index contributed by atoms with van der Waals surface area (Å²) >= 11 is 0. The second kappa shape index (κ2) is 9.57. The Morgan fingerprint density at radius 3 is 1.94 bits per heavy atom. The fraction of sp³-hybridized carbons (Fsp3) is 0.750. The molecule has 0 unspecified atom stereocenters. The molecule has 1 nitrogen and oxygen atoms in total. The molecule has 0 aromatic heterocycles. The first-order valence-electron chi connectivity index (χ1n) is 7.42. The van der Waals surface area contributed by atoms with E-state index in [1.807, 2.05) is 0 Å². The molecule has 0 aromatic carbocycles. The fourth-order valence-corrected chi connectivity index (χ4v) is 4.66. The quantitative estimate of drug-likeness (QED) is 0.385. The van der Waals surface area contributed by atoms with E-state index in [-0.39, 0.29) is 0 Å². The molecule has 0 saturated heterocycles. The van der Waals surface area contributed by atoms with Gasteiger partial charge in [-0.15, -0.1) is 0 Å². The average Bonchev–Trinajstić information content (AvgIpc) is 2.35. The minimum Gasteiger partial charge on any atom is -0.413 e. The standard InChI is InChI=1S/C16H32OSi/c1-7-18(8-2,9-3)17-14-13-16(6)12-10-11-15(4)5/h11,13H,7-10,12,14H2,1-6H3/b16-13+. The predicted molar refractivity (Wildman–Crippen MR) is 85.6 cm³/mol. The highest BCUT2D eigenvalue weighted by molar-refractivity contribution is 6.73. The molecule has 0 aliphatic heterocycles. The lowest BCUT2D eigenvalue weighted by atomic mass is 10.1. The molecule has 0 amide bonds. The van der Waals surface area contributed by atoms with Gasteiger partial charge in [-0.2, -0.15) is 0 Å². The van der Waals surface area contributed by atoms with Crippen LogP contribution in [0.4, 0.5) is 0 Å². The molecule has 18 heavy (non-hydrogen) atoms. The van der Waals surface area contributed by atoms with Gasteiger partial charge in [0, 0.05) is 0 Å². The lowest BCUT2D eigenvalue weighted by molar-refractivity contribution is 0.341. The SMILES string of the molecule is CC[Si](CC)(CC)OC/C=C(\C)CCC=C(C)C. The zero-order chi connectivity index (χ0) is 14.0. The smallest absolute Gasteiger partial charge is 0.192 e. The maximum Gasteiger partial charge on any atom is 0.192 e. The summed E-state index contributed by atoms with van der Waals surface area (Å²) in [6.45, 7) is 14.2. The Bertz CT molecular complexity index is 263. The van der Waals surface area contributed by atoms with Crippen LogP contribution in [-0.4, -0.2) is 14.9 Å². The minimum atomic E-state index is -1.39. The van der Waals surface area contributed by atoms with Gasteiger partial charge >= 0.3 is 0 Å². The number of allylic oxidation sites excluding steroid dienone is 3. The van der Waals surface area contributed by atoms with Crippen molar-refractivity contribution in [3.8, 4) is 0 Å². The van der Waals surface area contributed by atoms with Gasteiger partial charge in [-0.3, -0.25) is 0 Å². The largest absolute Gasteiger partial charge is 0.413 e. The zero-order valence-corrected chi connectivity index (χ0v) is 14.3. The molecule has 0 N–H and O–H groups in total. The Morgan fingerprint density at radius 2 is 1.50 bits per heavy atom. The molecule has 0 fully saturated rings. The summed E-state index contributed by atoms with van der Waals surface area (Å²) in [5, 5.41) is 0. The van der Waals surface area contributed by atoms with E-state index >= 15 is 0 Å². The predicted octanol–water partition coefficient (Wildman–Crippen LogP) is 5.70. The second-order valence-electron chi connectivity index (χ2n) is 5.43. The molecule has 2 heteroatoms. The lowest BCUT2D eigenvalue weighted by Gasteiger charge is -2.27. The highest BCUT2D eigenvalue weighted by Crippen LogP contribution is 2.21. The minimum absolute atomic E-state index is 0.822. The molecule has 0 atom stereocenters. The topological polar surface area (TPSA) is 9.23 Å². The van der Waals surface area contributed by atoms with Crippen molar-refractivity contribution < 1.29 is 4.43 Å². The van der Waals surface area contributed by atoms with E-state index in [0.717, 1.165) is 19.4 Å². The van der Waals surface area contributed by atoms with Crippen LogP contribution in [-0.2, 0) is 4.43 Å². The maximum atomic E-state index is 6.22. The third-order valence-electron chi connectivity index (χ3n) is 3.85. The van der Waals surface area contributed by atoms with E-state index in [1.165, 1.54) is 29.3 Å². The summed E-state index contributed by atoms with van der Waals surface area (Å²) in [6, 6.07) is 3.72. The molecule has 106 valence electrons. The molecule has 0 spiro atoms. The Balaban J connectivity index is 4.10. The number of hydrogen-bond donors (Lipinski definition) is 0. The van der Waals surface area contributed by atoms with Crippen LogP contribution in [0.25, 0.3) is 0 Å². The van der Waals surface area contributed by atoms with E-state index < -0.39 is 8.32 Å². The van der Waals surface area contributed by atoms with Gasteiger partial charge in [-0.1, -0.05) is 44.1 Å². The monoisotopic (exact) mass is 268 g/mol. The van der Waals surface area contributed by atoms with Crippen molar-refractivity contribution >= 4 is 8.32 Å². The third kappa shape index (κ3) is 7.17. The summed E-state index contributed by atoms with van der Waals surface area (Å²) in [5.74, 6) is 0. The van der Waals surface area contributed by atoms with Crippen LogP contribution in [0, 0.1) is 0 Å². The van der Waals surface area contributed by atoms with Gasteiger partial charge in [0.15, 0.2) is 8.32 Å². The van der Waals surface area contributed by atoms with Crippen molar-refractivity contribution in [1.82, 2.24) is 0 Å². The molecular weight excluding hydrogens is 236 g/mol. The van der Waals surface area contributed by atoms with Crippen LogP contribution in [0.1, 0.15) is 54.4 Å². The molecule has 0 radical (unpaired) electrons.